The molecule has 1 saturated heterocycles. The van der Waals surface area contributed by atoms with Crippen molar-refractivity contribution in [1.82, 2.24) is 19.4 Å². The number of pyridine rings is 1. The Morgan fingerprint density at radius 2 is 2.00 bits per heavy atom. The zero-order valence-corrected chi connectivity index (χ0v) is 13.7. The predicted molar refractivity (Wildman–Crippen MR) is 87.1 cm³/mol. The Bertz CT molecular complexity index is 617. The van der Waals surface area contributed by atoms with Crippen molar-refractivity contribution in [1.29, 1.82) is 0 Å². The normalized spacial score (nSPS) is 18.2. The molecule has 2 aromatic rings. The van der Waals surface area contributed by atoms with Crippen LogP contribution in [0.4, 0.5) is 0 Å². The van der Waals surface area contributed by atoms with Crippen LogP contribution in [0.2, 0.25) is 5.02 Å². The summed E-state index contributed by atoms with van der Waals surface area (Å²) < 4.78 is 2.14. The minimum absolute atomic E-state index is 0.140. The molecule has 0 aromatic carbocycles. The number of imidazole rings is 1. The van der Waals surface area contributed by atoms with E-state index in [0.29, 0.717) is 5.02 Å². The zero-order chi connectivity index (χ0) is 14.8. The van der Waals surface area contributed by atoms with Crippen LogP contribution in [0, 0.1) is 0 Å². The third-order valence-electron chi connectivity index (χ3n) is 4.03. The van der Waals surface area contributed by atoms with Crippen molar-refractivity contribution >= 4 is 34.4 Å². The van der Waals surface area contributed by atoms with Crippen LogP contribution >= 0.6 is 23.2 Å². The van der Waals surface area contributed by atoms with Crippen LogP contribution in [-0.4, -0.2) is 39.1 Å². The summed E-state index contributed by atoms with van der Waals surface area (Å²) >= 11 is 12.3. The van der Waals surface area contributed by atoms with E-state index in [1.807, 2.05) is 13.0 Å². The number of likely N-dealkylation sites (tertiary alicyclic amines) is 1. The molecule has 4 nitrogen and oxygen atoms in total. The monoisotopic (exact) mass is 326 g/mol. The van der Waals surface area contributed by atoms with Gasteiger partial charge in [-0.05, 0) is 38.9 Å². The molecular formula is C15H20Cl2N4. The van der Waals surface area contributed by atoms with Gasteiger partial charge in [0, 0.05) is 19.3 Å². The summed E-state index contributed by atoms with van der Waals surface area (Å²) in [6, 6.07) is 1.85. The molecule has 1 fully saturated rings. The minimum Gasteiger partial charge on any atom is -0.310 e. The summed E-state index contributed by atoms with van der Waals surface area (Å²) in [5.41, 5.74) is 1.70. The Labute approximate surface area is 135 Å². The highest BCUT2D eigenvalue weighted by atomic mass is 35.5. The standard InChI is InChI=1S/C15H20Cl2N4/c1-11(16)14-19-13-9-12(17)10-18-15(13)21(14)8-7-20-5-3-2-4-6-20/h9-11H,2-8H2,1H3. The summed E-state index contributed by atoms with van der Waals surface area (Å²) in [4.78, 5) is 11.5. The average Bonchev–Trinajstić information content (AvgIpc) is 2.84. The molecule has 0 saturated carbocycles. The third-order valence-corrected chi connectivity index (χ3v) is 4.43. The SMILES string of the molecule is CC(Cl)c1nc2cc(Cl)cnc2n1CCN1CCCCC1. The van der Waals surface area contributed by atoms with E-state index in [0.717, 1.165) is 30.1 Å². The van der Waals surface area contributed by atoms with E-state index in [1.54, 1.807) is 6.20 Å². The van der Waals surface area contributed by atoms with Crippen molar-refractivity contribution in [2.75, 3.05) is 19.6 Å². The van der Waals surface area contributed by atoms with Gasteiger partial charge in [0.2, 0.25) is 0 Å². The lowest BCUT2D eigenvalue weighted by Crippen LogP contribution is -2.32. The van der Waals surface area contributed by atoms with Crippen LogP contribution in [0.3, 0.4) is 0 Å². The highest BCUT2D eigenvalue weighted by Gasteiger charge is 2.17. The van der Waals surface area contributed by atoms with Crippen molar-refractivity contribution in [2.24, 2.45) is 0 Å². The maximum Gasteiger partial charge on any atom is 0.160 e. The van der Waals surface area contributed by atoms with Crippen LogP contribution in [0.15, 0.2) is 12.3 Å². The lowest BCUT2D eigenvalue weighted by atomic mass is 10.1. The Morgan fingerprint density at radius 1 is 1.24 bits per heavy atom. The first kappa shape index (κ1) is 15.1. The molecule has 3 heterocycles. The molecule has 1 aliphatic heterocycles. The average molecular weight is 327 g/mol. The largest absolute Gasteiger partial charge is 0.310 e. The number of nitrogens with zero attached hydrogens (tertiary/aromatic N) is 4. The number of hydrogen-bond donors (Lipinski definition) is 0. The second-order valence-electron chi connectivity index (χ2n) is 5.64. The fourth-order valence-electron chi connectivity index (χ4n) is 2.95. The van der Waals surface area contributed by atoms with Crippen LogP contribution in [0.25, 0.3) is 11.2 Å². The molecule has 0 spiro atoms. The summed E-state index contributed by atoms with van der Waals surface area (Å²) in [6.07, 6.45) is 5.63. The van der Waals surface area contributed by atoms with Crippen molar-refractivity contribution < 1.29 is 0 Å². The highest BCUT2D eigenvalue weighted by Crippen LogP contribution is 2.25. The lowest BCUT2D eigenvalue weighted by molar-refractivity contribution is 0.221. The number of alkyl halides is 1. The van der Waals surface area contributed by atoms with Crippen LogP contribution in [-0.2, 0) is 6.54 Å². The summed E-state index contributed by atoms with van der Waals surface area (Å²) in [6.45, 7) is 6.22. The zero-order valence-electron chi connectivity index (χ0n) is 12.2. The molecule has 0 bridgehead atoms. The summed E-state index contributed by atoms with van der Waals surface area (Å²) in [5.74, 6) is 0.874. The molecule has 114 valence electrons. The van der Waals surface area contributed by atoms with Gasteiger partial charge in [-0.3, -0.25) is 0 Å². The number of hydrogen-bond acceptors (Lipinski definition) is 3. The van der Waals surface area contributed by atoms with Crippen LogP contribution in [0.5, 0.6) is 0 Å². The fraction of sp³-hybridized carbons (Fsp3) is 0.600. The van der Waals surface area contributed by atoms with Crippen molar-refractivity contribution in [3.8, 4) is 0 Å². The number of rotatable bonds is 4. The van der Waals surface area contributed by atoms with Gasteiger partial charge in [0.25, 0.3) is 0 Å². The molecule has 0 radical (unpaired) electrons. The first-order valence-electron chi connectivity index (χ1n) is 7.53. The van der Waals surface area contributed by atoms with Gasteiger partial charge in [-0.25, -0.2) is 9.97 Å². The number of halogens is 2. The molecule has 3 rings (SSSR count). The second kappa shape index (κ2) is 6.51. The van der Waals surface area contributed by atoms with Crippen LogP contribution in [0.1, 0.15) is 37.4 Å². The molecular weight excluding hydrogens is 307 g/mol. The van der Waals surface area contributed by atoms with E-state index in [1.165, 1.54) is 32.4 Å². The lowest BCUT2D eigenvalue weighted by Gasteiger charge is -2.26. The van der Waals surface area contributed by atoms with E-state index in [9.17, 15) is 0 Å². The molecule has 1 aliphatic rings. The van der Waals surface area contributed by atoms with E-state index in [-0.39, 0.29) is 5.38 Å². The first-order chi connectivity index (χ1) is 10.1. The van der Waals surface area contributed by atoms with E-state index < -0.39 is 0 Å². The molecule has 1 atom stereocenters. The fourth-order valence-corrected chi connectivity index (χ4v) is 3.27. The Hall–Kier alpha value is -0.840. The maximum atomic E-state index is 6.28. The predicted octanol–water partition coefficient (Wildman–Crippen LogP) is 3.87. The van der Waals surface area contributed by atoms with Gasteiger partial charge >= 0.3 is 0 Å². The number of piperidine rings is 1. The van der Waals surface area contributed by atoms with Gasteiger partial charge in [0.05, 0.1) is 10.4 Å². The molecule has 21 heavy (non-hydrogen) atoms. The smallest absolute Gasteiger partial charge is 0.160 e. The van der Waals surface area contributed by atoms with Crippen molar-refractivity contribution in [3.05, 3.63) is 23.1 Å². The molecule has 0 N–H and O–H groups in total. The Balaban J connectivity index is 1.86. The molecule has 2 aromatic heterocycles. The molecule has 0 amide bonds. The quantitative estimate of drug-likeness (QED) is 0.800. The Morgan fingerprint density at radius 3 is 2.71 bits per heavy atom. The summed E-state index contributed by atoms with van der Waals surface area (Å²) in [5, 5.41) is 0.469. The molecule has 6 heteroatoms. The van der Waals surface area contributed by atoms with Crippen LogP contribution < -0.4 is 0 Å². The van der Waals surface area contributed by atoms with E-state index in [4.69, 9.17) is 23.2 Å². The van der Waals surface area contributed by atoms with E-state index in [2.05, 4.69) is 19.4 Å². The topological polar surface area (TPSA) is 34.0 Å². The highest BCUT2D eigenvalue weighted by molar-refractivity contribution is 6.31. The van der Waals surface area contributed by atoms with Crippen molar-refractivity contribution in [3.63, 3.8) is 0 Å². The number of fused-ring (bicyclic) bond motifs is 1. The van der Waals surface area contributed by atoms with Crippen molar-refractivity contribution in [2.45, 2.75) is 38.1 Å². The minimum atomic E-state index is -0.140. The van der Waals surface area contributed by atoms with Gasteiger partial charge in [0.1, 0.15) is 11.3 Å². The molecule has 0 aliphatic carbocycles. The van der Waals surface area contributed by atoms with Gasteiger partial charge in [-0.1, -0.05) is 18.0 Å². The van der Waals surface area contributed by atoms with E-state index >= 15 is 0 Å². The van der Waals surface area contributed by atoms with Gasteiger partial charge in [0.15, 0.2) is 5.65 Å². The van der Waals surface area contributed by atoms with Gasteiger partial charge < -0.3 is 9.47 Å². The first-order valence-corrected chi connectivity index (χ1v) is 8.34. The molecule has 1 unspecified atom stereocenters. The second-order valence-corrected chi connectivity index (χ2v) is 6.73. The van der Waals surface area contributed by atoms with Gasteiger partial charge in [-0.15, -0.1) is 11.6 Å². The number of aromatic nitrogens is 3. The Kier molecular flexibility index (Phi) is 4.67. The third kappa shape index (κ3) is 3.33. The maximum absolute atomic E-state index is 6.28. The summed E-state index contributed by atoms with van der Waals surface area (Å²) in [7, 11) is 0. The van der Waals surface area contributed by atoms with Gasteiger partial charge in [-0.2, -0.15) is 0 Å².